The first-order chi connectivity index (χ1) is 8.54. The van der Waals surface area contributed by atoms with Gasteiger partial charge in [-0.05, 0) is 14.1 Å². The van der Waals surface area contributed by atoms with Crippen molar-refractivity contribution in [1.82, 2.24) is 14.9 Å². The molecule has 0 amide bonds. The third-order valence-electron chi connectivity index (χ3n) is 1.98. The lowest BCUT2D eigenvalue weighted by Crippen LogP contribution is -2.21. The number of hydrogen-bond acceptors (Lipinski definition) is 6. The lowest BCUT2D eigenvalue weighted by molar-refractivity contribution is 0.402. The Labute approximate surface area is 137 Å². The fraction of sp³-hybridized carbons (Fsp3) is 0.300. The Hall–Kier alpha value is -0.930. The molecule has 6 nitrogen and oxygen atoms in total. The van der Waals surface area contributed by atoms with Crippen LogP contribution >= 0.6 is 47.5 Å². The van der Waals surface area contributed by atoms with Crippen LogP contribution in [0.4, 0.5) is 5.13 Å². The van der Waals surface area contributed by atoms with Crippen molar-refractivity contribution in [3.63, 3.8) is 0 Å². The van der Waals surface area contributed by atoms with E-state index in [1.807, 2.05) is 24.9 Å². The molecule has 0 aliphatic carbocycles. The van der Waals surface area contributed by atoms with Crippen LogP contribution in [0, 0.1) is 0 Å². The van der Waals surface area contributed by atoms with Crippen LogP contribution in [0.1, 0.15) is 5.01 Å². The van der Waals surface area contributed by atoms with Gasteiger partial charge in [0.2, 0.25) is 5.13 Å². The maximum Gasteiger partial charge on any atom is 0.212 e. The Morgan fingerprint density at radius 2 is 1.75 bits per heavy atom. The third kappa shape index (κ3) is 5.22. The molecule has 0 spiro atoms. The van der Waals surface area contributed by atoms with Crippen molar-refractivity contribution in [1.29, 1.82) is 0 Å². The minimum absolute atomic E-state index is 0. The highest BCUT2D eigenvalue weighted by molar-refractivity contribution is 7.13. The number of rotatable bonds is 4. The van der Waals surface area contributed by atoms with Gasteiger partial charge in [-0.1, -0.05) is 0 Å². The summed E-state index contributed by atoms with van der Waals surface area (Å²) in [6.07, 6.45) is 0. The zero-order valence-corrected chi connectivity index (χ0v) is 14.2. The molecule has 0 radical (unpaired) electrons. The van der Waals surface area contributed by atoms with Gasteiger partial charge < -0.3 is 16.4 Å². The van der Waals surface area contributed by atoms with Crippen molar-refractivity contribution in [3.8, 4) is 11.4 Å². The van der Waals surface area contributed by atoms with Crippen LogP contribution in [0.2, 0.25) is 0 Å². The SMILES string of the molecule is CN(C)Cc1nc(-c2csc(N=C(N)N)n2)cs1.Cl.Cl. The molecule has 112 valence electrons. The largest absolute Gasteiger partial charge is 0.370 e. The second-order valence-corrected chi connectivity index (χ2v) is 5.70. The van der Waals surface area contributed by atoms with E-state index in [9.17, 15) is 0 Å². The van der Waals surface area contributed by atoms with E-state index >= 15 is 0 Å². The molecule has 0 fully saturated rings. The maximum atomic E-state index is 5.31. The Balaban J connectivity index is 0.00000180. The summed E-state index contributed by atoms with van der Waals surface area (Å²) in [6.45, 7) is 0.829. The van der Waals surface area contributed by atoms with Crippen molar-refractivity contribution >= 4 is 58.6 Å². The van der Waals surface area contributed by atoms with Crippen LogP contribution in [0.15, 0.2) is 15.8 Å². The molecule has 10 heteroatoms. The molecule has 4 N–H and O–H groups in total. The van der Waals surface area contributed by atoms with Gasteiger partial charge in [0, 0.05) is 17.3 Å². The van der Waals surface area contributed by atoms with Crippen LogP contribution in [0.3, 0.4) is 0 Å². The summed E-state index contributed by atoms with van der Waals surface area (Å²) in [7, 11) is 4.03. The van der Waals surface area contributed by atoms with E-state index in [2.05, 4.69) is 19.9 Å². The van der Waals surface area contributed by atoms with Gasteiger partial charge in [0.15, 0.2) is 5.96 Å². The zero-order valence-electron chi connectivity index (χ0n) is 10.9. The summed E-state index contributed by atoms with van der Waals surface area (Å²) < 4.78 is 0. The van der Waals surface area contributed by atoms with E-state index in [1.54, 1.807) is 11.3 Å². The second kappa shape index (κ2) is 8.38. The van der Waals surface area contributed by atoms with E-state index in [-0.39, 0.29) is 30.8 Å². The van der Waals surface area contributed by atoms with Crippen molar-refractivity contribution in [2.75, 3.05) is 14.1 Å². The Kier molecular flexibility index (Phi) is 7.99. The molecule has 0 aromatic carbocycles. The first kappa shape index (κ1) is 19.1. The van der Waals surface area contributed by atoms with Crippen LogP contribution in [0.25, 0.3) is 11.4 Å². The number of nitrogens with zero attached hydrogens (tertiary/aromatic N) is 4. The van der Waals surface area contributed by atoms with Crippen molar-refractivity contribution < 1.29 is 0 Å². The lowest BCUT2D eigenvalue weighted by atomic mass is 10.4. The molecule has 0 aliphatic heterocycles. The first-order valence-electron chi connectivity index (χ1n) is 5.19. The highest BCUT2D eigenvalue weighted by Crippen LogP contribution is 2.27. The molecular formula is C10H16Cl2N6S2. The normalized spacial score (nSPS) is 9.75. The fourth-order valence-corrected chi connectivity index (χ4v) is 2.92. The van der Waals surface area contributed by atoms with Crippen molar-refractivity contribution in [2.45, 2.75) is 6.54 Å². The molecule has 2 aromatic rings. The number of nitrogens with two attached hydrogens (primary N) is 2. The molecule has 0 aliphatic rings. The van der Waals surface area contributed by atoms with Crippen LogP contribution in [-0.4, -0.2) is 34.9 Å². The predicted octanol–water partition coefficient (Wildman–Crippen LogP) is 2.08. The van der Waals surface area contributed by atoms with Gasteiger partial charge in [0.1, 0.15) is 16.4 Å². The van der Waals surface area contributed by atoms with E-state index in [1.165, 1.54) is 11.3 Å². The highest BCUT2D eigenvalue weighted by atomic mass is 35.5. The maximum absolute atomic E-state index is 5.31. The molecule has 2 aromatic heterocycles. The molecule has 0 bridgehead atoms. The van der Waals surface area contributed by atoms with Crippen LogP contribution in [-0.2, 0) is 6.54 Å². The Morgan fingerprint density at radius 3 is 2.35 bits per heavy atom. The highest BCUT2D eigenvalue weighted by Gasteiger charge is 2.09. The quantitative estimate of drug-likeness (QED) is 0.647. The minimum atomic E-state index is 0. The van der Waals surface area contributed by atoms with Gasteiger partial charge in [-0.2, -0.15) is 4.99 Å². The van der Waals surface area contributed by atoms with Gasteiger partial charge >= 0.3 is 0 Å². The van der Waals surface area contributed by atoms with Crippen molar-refractivity contribution in [3.05, 3.63) is 15.8 Å². The summed E-state index contributed by atoms with van der Waals surface area (Å²) in [6, 6.07) is 0. The predicted molar refractivity (Wildman–Crippen MR) is 90.6 cm³/mol. The van der Waals surface area contributed by atoms with Gasteiger partial charge in [-0.15, -0.1) is 47.5 Å². The summed E-state index contributed by atoms with van der Waals surface area (Å²) in [5, 5.41) is 5.50. The Morgan fingerprint density at radius 1 is 1.15 bits per heavy atom. The van der Waals surface area contributed by atoms with Gasteiger partial charge in [-0.25, -0.2) is 9.97 Å². The number of aromatic nitrogens is 2. The van der Waals surface area contributed by atoms with E-state index in [4.69, 9.17) is 11.5 Å². The standard InChI is InChI=1S/C10H14N6S2.2ClH/c1-16(2)3-8-13-6(4-17-8)7-5-18-10(14-7)15-9(11)12;;/h4-5H,3H2,1-2H3,(H4,11,12,14,15);2*1H. The minimum Gasteiger partial charge on any atom is -0.370 e. The lowest BCUT2D eigenvalue weighted by Gasteiger charge is -2.04. The fourth-order valence-electron chi connectivity index (χ4n) is 1.32. The number of aliphatic imine (C=N–C) groups is 1. The van der Waals surface area contributed by atoms with Gasteiger partial charge in [-0.3, -0.25) is 0 Å². The van der Waals surface area contributed by atoms with Gasteiger partial charge in [0.25, 0.3) is 0 Å². The average Bonchev–Trinajstić information content (AvgIpc) is 2.85. The van der Waals surface area contributed by atoms with Gasteiger partial charge in [0.05, 0.1) is 0 Å². The number of hydrogen-bond donors (Lipinski definition) is 2. The zero-order chi connectivity index (χ0) is 13.1. The van der Waals surface area contributed by atoms with Crippen LogP contribution in [0.5, 0.6) is 0 Å². The molecule has 0 unspecified atom stereocenters. The summed E-state index contributed by atoms with van der Waals surface area (Å²) in [5.41, 5.74) is 12.3. The molecule has 2 rings (SSSR count). The van der Waals surface area contributed by atoms with E-state index in [0.29, 0.717) is 5.13 Å². The smallest absolute Gasteiger partial charge is 0.212 e. The Bertz CT molecular complexity index is 562. The summed E-state index contributed by atoms with van der Waals surface area (Å²) in [4.78, 5) is 14.8. The second-order valence-electron chi connectivity index (χ2n) is 3.92. The number of halogens is 2. The molecule has 0 atom stereocenters. The number of thiazole rings is 2. The molecular weight excluding hydrogens is 339 g/mol. The first-order valence-corrected chi connectivity index (χ1v) is 6.95. The molecule has 0 saturated carbocycles. The molecule has 20 heavy (non-hydrogen) atoms. The summed E-state index contributed by atoms with van der Waals surface area (Å²) >= 11 is 3.01. The topological polar surface area (TPSA) is 93.4 Å². The van der Waals surface area contributed by atoms with Crippen LogP contribution < -0.4 is 11.5 Å². The molecule has 2 heterocycles. The van der Waals surface area contributed by atoms with E-state index in [0.717, 1.165) is 22.9 Å². The van der Waals surface area contributed by atoms with Crippen molar-refractivity contribution in [2.24, 2.45) is 16.5 Å². The summed E-state index contributed by atoms with van der Waals surface area (Å²) in [5.74, 6) is 0.0162. The average molecular weight is 355 g/mol. The number of guanidine groups is 1. The monoisotopic (exact) mass is 354 g/mol. The molecule has 0 saturated heterocycles. The third-order valence-corrected chi connectivity index (χ3v) is 3.55. The van der Waals surface area contributed by atoms with E-state index < -0.39 is 0 Å².